The van der Waals surface area contributed by atoms with Crippen LogP contribution in [0.25, 0.3) is 0 Å². The molecule has 4 heteroatoms. The minimum Gasteiger partial charge on any atom is -0.317 e. The van der Waals surface area contributed by atoms with E-state index in [-0.39, 0.29) is 11.7 Å². The second kappa shape index (κ2) is 4.57. The van der Waals surface area contributed by atoms with Gasteiger partial charge in [0.25, 0.3) is 0 Å². The van der Waals surface area contributed by atoms with Crippen LogP contribution in [0.1, 0.15) is 56.5 Å². The number of amides is 1. The van der Waals surface area contributed by atoms with Crippen molar-refractivity contribution in [1.29, 1.82) is 0 Å². The Labute approximate surface area is 124 Å². The van der Waals surface area contributed by atoms with Gasteiger partial charge in [-0.05, 0) is 43.0 Å². The molecule has 1 aliphatic heterocycles. The van der Waals surface area contributed by atoms with E-state index in [0.29, 0.717) is 11.9 Å². The van der Waals surface area contributed by atoms with Crippen LogP contribution >= 0.6 is 11.3 Å². The first-order valence-electron chi connectivity index (χ1n) is 7.87. The summed E-state index contributed by atoms with van der Waals surface area (Å²) in [4.78, 5) is 16.3. The zero-order valence-corrected chi connectivity index (χ0v) is 12.8. The van der Waals surface area contributed by atoms with Crippen molar-refractivity contribution in [2.45, 2.75) is 63.2 Å². The van der Waals surface area contributed by atoms with Gasteiger partial charge in [-0.1, -0.05) is 25.8 Å². The number of nitrogens with one attached hydrogen (secondary N) is 1. The van der Waals surface area contributed by atoms with E-state index >= 15 is 0 Å². The number of hydrogen-bond donors (Lipinski definition) is 1. The van der Waals surface area contributed by atoms with Crippen molar-refractivity contribution in [2.75, 3.05) is 0 Å². The van der Waals surface area contributed by atoms with Gasteiger partial charge in [0, 0.05) is 10.9 Å². The van der Waals surface area contributed by atoms with Crippen molar-refractivity contribution < 1.29 is 4.79 Å². The highest BCUT2D eigenvalue weighted by Gasteiger charge is 2.60. The average molecular weight is 290 g/mol. The van der Waals surface area contributed by atoms with Crippen molar-refractivity contribution in [3.05, 3.63) is 22.4 Å². The molecular formula is C16H22N2OS. The average Bonchev–Trinajstić information content (AvgIpc) is 3.34. The van der Waals surface area contributed by atoms with E-state index in [2.05, 4.69) is 34.7 Å². The number of nitrogens with zero attached hydrogens (tertiary/aromatic N) is 1. The van der Waals surface area contributed by atoms with Crippen molar-refractivity contribution in [1.82, 2.24) is 10.2 Å². The molecule has 108 valence electrons. The molecular weight excluding hydrogens is 268 g/mol. The first kappa shape index (κ1) is 12.8. The lowest BCUT2D eigenvalue weighted by molar-refractivity contribution is -0.133. The van der Waals surface area contributed by atoms with Crippen LogP contribution in [0, 0.1) is 5.92 Å². The molecule has 3 fully saturated rings. The molecule has 4 rings (SSSR count). The summed E-state index contributed by atoms with van der Waals surface area (Å²) in [7, 11) is 0. The molecule has 3 nitrogen and oxygen atoms in total. The first-order chi connectivity index (χ1) is 9.73. The van der Waals surface area contributed by atoms with Gasteiger partial charge in [-0.2, -0.15) is 0 Å². The fourth-order valence-corrected chi connectivity index (χ4v) is 4.26. The van der Waals surface area contributed by atoms with Crippen LogP contribution in [0.15, 0.2) is 17.5 Å². The van der Waals surface area contributed by atoms with Crippen LogP contribution in [0.4, 0.5) is 0 Å². The molecule has 1 N–H and O–H groups in total. The molecule has 1 aromatic heterocycles. The molecule has 2 heterocycles. The molecule has 2 saturated carbocycles. The van der Waals surface area contributed by atoms with E-state index < -0.39 is 0 Å². The summed E-state index contributed by atoms with van der Waals surface area (Å²) in [5, 5.41) is 5.75. The van der Waals surface area contributed by atoms with Crippen LogP contribution in [-0.2, 0) is 4.79 Å². The zero-order valence-electron chi connectivity index (χ0n) is 12.0. The Kier molecular flexibility index (Phi) is 2.93. The lowest BCUT2D eigenvalue weighted by Crippen LogP contribution is -2.40. The summed E-state index contributed by atoms with van der Waals surface area (Å²) in [6, 6.07) is 4.66. The molecule has 0 radical (unpaired) electrons. The van der Waals surface area contributed by atoms with Crippen molar-refractivity contribution in [2.24, 2.45) is 5.92 Å². The molecule has 1 aromatic rings. The third-order valence-corrected chi connectivity index (χ3v) is 5.99. The van der Waals surface area contributed by atoms with Gasteiger partial charge in [0.05, 0.1) is 0 Å². The predicted molar refractivity (Wildman–Crippen MR) is 80.4 cm³/mol. The molecule has 3 aliphatic rings. The minimum atomic E-state index is -0.203. The van der Waals surface area contributed by atoms with Crippen molar-refractivity contribution in [3.8, 4) is 0 Å². The van der Waals surface area contributed by atoms with Gasteiger partial charge in [0.15, 0.2) is 0 Å². The maximum Gasteiger partial charge on any atom is 0.244 e. The van der Waals surface area contributed by atoms with E-state index in [1.807, 2.05) is 0 Å². The SMILES string of the molecule is CCC(CC1CC1)N1C(=O)C2(CC2)NC1c1cccs1. The predicted octanol–water partition coefficient (Wildman–Crippen LogP) is 3.29. The van der Waals surface area contributed by atoms with Gasteiger partial charge in [-0.25, -0.2) is 0 Å². The molecule has 20 heavy (non-hydrogen) atoms. The molecule has 0 aromatic carbocycles. The summed E-state index contributed by atoms with van der Waals surface area (Å²) >= 11 is 1.76. The number of carbonyl (C=O) groups is 1. The molecule has 0 bridgehead atoms. The van der Waals surface area contributed by atoms with E-state index in [9.17, 15) is 4.79 Å². The minimum absolute atomic E-state index is 0.119. The van der Waals surface area contributed by atoms with Crippen molar-refractivity contribution in [3.63, 3.8) is 0 Å². The summed E-state index contributed by atoms with van der Waals surface area (Å²) in [6.07, 6.45) is 7.15. The lowest BCUT2D eigenvalue weighted by Gasteiger charge is -2.32. The Balaban J connectivity index is 1.63. The molecule has 2 atom stereocenters. The van der Waals surface area contributed by atoms with Gasteiger partial charge >= 0.3 is 0 Å². The van der Waals surface area contributed by atoms with Crippen LogP contribution in [-0.4, -0.2) is 22.4 Å². The molecule has 1 saturated heterocycles. The second-order valence-electron chi connectivity index (χ2n) is 6.60. The lowest BCUT2D eigenvalue weighted by atomic mass is 10.0. The van der Waals surface area contributed by atoms with E-state index in [1.54, 1.807) is 11.3 Å². The highest BCUT2D eigenvalue weighted by Crippen LogP contribution is 2.49. The van der Waals surface area contributed by atoms with E-state index in [0.717, 1.165) is 25.2 Å². The molecule has 2 unspecified atom stereocenters. The van der Waals surface area contributed by atoms with E-state index in [1.165, 1.54) is 24.1 Å². The largest absolute Gasteiger partial charge is 0.317 e. The van der Waals surface area contributed by atoms with Gasteiger partial charge in [-0.15, -0.1) is 11.3 Å². The quantitative estimate of drug-likeness (QED) is 0.902. The molecule has 2 aliphatic carbocycles. The number of hydrogen-bond acceptors (Lipinski definition) is 3. The van der Waals surface area contributed by atoms with Gasteiger partial charge in [-0.3, -0.25) is 10.1 Å². The maximum absolute atomic E-state index is 12.9. The standard InChI is InChI=1S/C16H22N2OS/c1-2-12(10-11-5-6-11)18-14(13-4-3-9-20-13)17-16(7-8-16)15(18)19/h3-4,9,11-12,14,17H,2,5-8,10H2,1H3. The normalized spacial score (nSPS) is 29.1. The summed E-state index contributed by atoms with van der Waals surface area (Å²) in [6.45, 7) is 2.23. The van der Waals surface area contributed by atoms with Crippen LogP contribution < -0.4 is 5.32 Å². The number of rotatable bonds is 5. The van der Waals surface area contributed by atoms with Gasteiger partial charge in [0.2, 0.25) is 5.91 Å². The highest BCUT2D eigenvalue weighted by molar-refractivity contribution is 7.10. The van der Waals surface area contributed by atoms with Crippen molar-refractivity contribution >= 4 is 17.2 Å². The molecule has 1 spiro atoms. The highest BCUT2D eigenvalue weighted by atomic mass is 32.1. The summed E-state index contributed by atoms with van der Waals surface area (Å²) < 4.78 is 0. The second-order valence-corrected chi connectivity index (χ2v) is 7.58. The Bertz CT molecular complexity index is 505. The number of thiophene rings is 1. The third-order valence-electron chi connectivity index (χ3n) is 5.06. The van der Waals surface area contributed by atoms with Crippen LogP contribution in [0.5, 0.6) is 0 Å². The fraction of sp³-hybridized carbons (Fsp3) is 0.688. The summed E-state index contributed by atoms with van der Waals surface area (Å²) in [5.41, 5.74) is -0.203. The van der Waals surface area contributed by atoms with Crippen LogP contribution in [0.2, 0.25) is 0 Å². The Morgan fingerprint density at radius 1 is 1.50 bits per heavy atom. The Morgan fingerprint density at radius 2 is 2.30 bits per heavy atom. The maximum atomic E-state index is 12.9. The zero-order chi connectivity index (χ0) is 13.7. The monoisotopic (exact) mass is 290 g/mol. The first-order valence-corrected chi connectivity index (χ1v) is 8.75. The smallest absolute Gasteiger partial charge is 0.244 e. The number of carbonyl (C=O) groups excluding carboxylic acids is 1. The van der Waals surface area contributed by atoms with Gasteiger partial charge < -0.3 is 4.90 Å². The third kappa shape index (κ3) is 2.01. The van der Waals surface area contributed by atoms with Gasteiger partial charge in [0.1, 0.15) is 11.7 Å². The van der Waals surface area contributed by atoms with Crippen LogP contribution in [0.3, 0.4) is 0 Å². The Hall–Kier alpha value is -0.870. The fourth-order valence-electron chi connectivity index (χ4n) is 3.49. The van der Waals surface area contributed by atoms with E-state index in [4.69, 9.17) is 0 Å². The summed E-state index contributed by atoms with van der Waals surface area (Å²) in [5.74, 6) is 1.23. The molecule has 1 amide bonds. The topological polar surface area (TPSA) is 32.3 Å². The Morgan fingerprint density at radius 3 is 2.85 bits per heavy atom.